The fraction of sp³-hybridized carbons (Fsp3) is 0.455. The number of alkyl halides is 3. The Hall–Kier alpha value is -2.97. The number of benzene rings is 1. The number of rotatable bonds is 4. The van der Waals surface area contributed by atoms with E-state index in [-0.39, 0.29) is 34.4 Å². The van der Waals surface area contributed by atoms with Crippen LogP contribution in [0.2, 0.25) is 0 Å². The van der Waals surface area contributed by atoms with Gasteiger partial charge >= 0.3 is 12.1 Å². The number of hydrogen-bond donors (Lipinski definition) is 1. The first-order valence-corrected chi connectivity index (χ1v) is 9.84. The number of hydrogen-bond acceptors (Lipinski definition) is 4. The summed E-state index contributed by atoms with van der Waals surface area (Å²) in [4.78, 5) is 24.0. The first kappa shape index (κ1) is 21.3. The van der Waals surface area contributed by atoms with E-state index in [1.807, 2.05) is 4.57 Å². The summed E-state index contributed by atoms with van der Waals surface area (Å²) in [6.45, 7) is 2.69. The first-order valence-electron chi connectivity index (χ1n) is 9.84. The predicted octanol–water partition coefficient (Wildman–Crippen LogP) is 4.62. The highest BCUT2D eigenvalue weighted by atomic mass is 19.4. The standard InChI is InChI=1S/C22H22F3NO5/c1-21(2)5-4-11-12-6-18(31-10-22(23,24)25)17(30-3)7-13(12)15-8-16(27)14(20(28)29)9-26(15)19(11)21/h6-9,11,19H,4-5,10H2,1-3H3,(H,28,29)/t11-,19+/m1/s1. The molecule has 2 heterocycles. The van der Waals surface area contributed by atoms with E-state index in [4.69, 9.17) is 9.47 Å². The Balaban J connectivity index is 1.95. The number of fused-ring (bicyclic) bond motifs is 6. The van der Waals surface area contributed by atoms with Crippen molar-refractivity contribution >= 4 is 5.97 Å². The lowest BCUT2D eigenvalue weighted by atomic mass is 9.77. The molecule has 1 aromatic heterocycles. The lowest BCUT2D eigenvalue weighted by Gasteiger charge is -2.40. The number of nitrogens with zero attached hydrogens (tertiary/aromatic N) is 1. The van der Waals surface area contributed by atoms with Crippen LogP contribution in [-0.4, -0.2) is 35.5 Å². The van der Waals surface area contributed by atoms with Crippen molar-refractivity contribution in [1.82, 2.24) is 4.57 Å². The molecule has 0 bridgehead atoms. The van der Waals surface area contributed by atoms with Gasteiger partial charge in [0.15, 0.2) is 23.5 Å². The Morgan fingerprint density at radius 1 is 1.26 bits per heavy atom. The van der Waals surface area contributed by atoms with E-state index >= 15 is 0 Å². The number of carbonyl (C=O) groups is 1. The van der Waals surface area contributed by atoms with Crippen molar-refractivity contribution in [2.75, 3.05) is 13.7 Å². The van der Waals surface area contributed by atoms with Gasteiger partial charge in [0.05, 0.1) is 12.8 Å². The Morgan fingerprint density at radius 2 is 1.97 bits per heavy atom. The van der Waals surface area contributed by atoms with Crippen molar-refractivity contribution in [2.24, 2.45) is 5.41 Å². The number of methoxy groups -OCH3 is 1. The molecule has 1 fully saturated rings. The summed E-state index contributed by atoms with van der Waals surface area (Å²) in [5.74, 6) is -1.27. The molecule has 1 N–H and O–H groups in total. The summed E-state index contributed by atoms with van der Waals surface area (Å²) < 4.78 is 50.3. The van der Waals surface area contributed by atoms with Gasteiger partial charge in [-0.15, -0.1) is 0 Å². The van der Waals surface area contributed by atoms with Crippen molar-refractivity contribution in [2.45, 2.75) is 44.8 Å². The minimum atomic E-state index is -4.49. The van der Waals surface area contributed by atoms with Gasteiger partial charge in [-0.05, 0) is 36.0 Å². The van der Waals surface area contributed by atoms with Gasteiger partial charge in [0.25, 0.3) is 0 Å². The van der Waals surface area contributed by atoms with Crippen LogP contribution in [0.4, 0.5) is 13.2 Å². The van der Waals surface area contributed by atoms with Gasteiger partial charge in [0.1, 0.15) is 5.56 Å². The number of carboxylic acids is 1. The van der Waals surface area contributed by atoms with Crippen LogP contribution in [0.5, 0.6) is 11.5 Å². The largest absolute Gasteiger partial charge is 0.493 e. The molecule has 0 radical (unpaired) electrons. The highest BCUT2D eigenvalue weighted by Crippen LogP contribution is 2.59. The van der Waals surface area contributed by atoms with Crippen LogP contribution in [0, 0.1) is 5.41 Å². The fourth-order valence-corrected chi connectivity index (χ4v) is 4.97. The molecule has 2 atom stereocenters. The summed E-state index contributed by atoms with van der Waals surface area (Å²) in [5, 5.41) is 9.43. The van der Waals surface area contributed by atoms with E-state index in [0.29, 0.717) is 11.3 Å². The highest BCUT2D eigenvalue weighted by molar-refractivity contribution is 5.88. The van der Waals surface area contributed by atoms with Crippen LogP contribution in [0.25, 0.3) is 11.3 Å². The lowest BCUT2D eigenvalue weighted by molar-refractivity contribution is -0.153. The molecule has 166 valence electrons. The van der Waals surface area contributed by atoms with E-state index in [1.54, 1.807) is 12.1 Å². The minimum Gasteiger partial charge on any atom is -0.493 e. The molecule has 1 aliphatic heterocycles. The molecule has 1 aromatic carbocycles. The Morgan fingerprint density at radius 3 is 2.58 bits per heavy atom. The Kier molecular flexibility index (Phi) is 4.83. The normalized spacial score (nSPS) is 21.1. The lowest BCUT2D eigenvalue weighted by Crippen LogP contribution is -2.32. The zero-order chi connectivity index (χ0) is 22.7. The topological polar surface area (TPSA) is 77.8 Å². The summed E-state index contributed by atoms with van der Waals surface area (Å²) in [5.41, 5.74) is 0.762. The van der Waals surface area contributed by atoms with Gasteiger partial charge in [-0.2, -0.15) is 13.2 Å². The second-order valence-corrected chi connectivity index (χ2v) is 8.72. The molecule has 2 aromatic rings. The molecule has 31 heavy (non-hydrogen) atoms. The summed E-state index contributed by atoms with van der Waals surface area (Å²) >= 11 is 0. The molecule has 9 heteroatoms. The number of aromatic nitrogens is 1. The quantitative estimate of drug-likeness (QED) is 0.755. The second kappa shape index (κ2) is 7.03. The third-order valence-electron chi connectivity index (χ3n) is 6.29. The van der Waals surface area contributed by atoms with E-state index in [9.17, 15) is 27.9 Å². The second-order valence-electron chi connectivity index (χ2n) is 8.72. The number of pyridine rings is 1. The fourth-order valence-electron chi connectivity index (χ4n) is 4.97. The number of halogens is 3. The Labute approximate surface area is 176 Å². The molecule has 2 aliphatic rings. The highest BCUT2D eigenvalue weighted by Gasteiger charge is 2.48. The molecule has 0 saturated heterocycles. The van der Waals surface area contributed by atoms with E-state index in [1.165, 1.54) is 19.4 Å². The molecular formula is C22H22F3NO5. The average molecular weight is 437 g/mol. The van der Waals surface area contributed by atoms with Crippen molar-refractivity contribution in [3.8, 4) is 22.8 Å². The molecule has 0 spiro atoms. The maximum Gasteiger partial charge on any atom is 0.422 e. The monoisotopic (exact) mass is 437 g/mol. The maximum absolute atomic E-state index is 12.7. The molecule has 0 unspecified atom stereocenters. The van der Waals surface area contributed by atoms with E-state index < -0.39 is 24.2 Å². The zero-order valence-corrected chi connectivity index (χ0v) is 17.2. The van der Waals surface area contributed by atoms with Gasteiger partial charge < -0.3 is 19.1 Å². The number of aromatic carboxylic acids is 1. The average Bonchev–Trinajstić information content (AvgIpc) is 3.00. The van der Waals surface area contributed by atoms with Crippen molar-refractivity contribution < 1.29 is 32.5 Å². The van der Waals surface area contributed by atoms with Crippen LogP contribution < -0.4 is 14.9 Å². The van der Waals surface area contributed by atoms with Crippen molar-refractivity contribution in [1.29, 1.82) is 0 Å². The zero-order valence-electron chi connectivity index (χ0n) is 17.2. The number of ether oxygens (including phenoxy) is 2. The summed E-state index contributed by atoms with van der Waals surface area (Å²) in [7, 11) is 1.33. The Bertz CT molecular complexity index is 1120. The first-order chi connectivity index (χ1) is 14.4. The molecule has 1 aliphatic carbocycles. The number of carboxylic acid groups (broad SMARTS) is 1. The third kappa shape index (κ3) is 3.55. The smallest absolute Gasteiger partial charge is 0.422 e. The van der Waals surface area contributed by atoms with E-state index in [2.05, 4.69) is 13.8 Å². The molecule has 4 rings (SSSR count). The van der Waals surface area contributed by atoms with Gasteiger partial charge in [-0.3, -0.25) is 4.79 Å². The summed E-state index contributed by atoms with van der Waals surface area (Å²) in [6.07, 6.45) is -1.51. The third-order valence-corrected chi connectivity index (χ3v) is 6.29. The van der Waals surface area contributed by atoms with Gasteiger partial charge in [0.2, 0.25) is 0 Å². The molecule has 0 amide bonds. The molecule has 1 saturated carbocycles. The van der Waals surface area contributed by atoms with Crippen LogP contribution >= 0.6 is 0 Å². The maximum atomic E-state index is 12.7. The van der Waals surface area contributed by atoms with Crippen LogP contribution in [0.3, 0.4) is 0 Å². The van der Waals surface area contributed by atoms with Crippen molar-refractivity contribution in [3.63, 3.8) is 0 Å². The van der Waals surface area contributed by atoms with Gasteiger partial charge in [0, 0.05) is 29.8 Å². The van der Waals surface area contributed by atoms with Crippen LogP contribution in [0.15, 0.2) is 29.2 Å². The van der Waals surface area contributed by atoms with Gasteiger partial charge in [-0.1, -0.05) is 13.8 Å². The summed E-state index contributed by atoms with van der Waals surface area (Å²) in [6, 6.07) is 4.26. The minimum absolute atomic E-state index is 0.0139. The van der Waals surface area contributed by atoms with Crippen LogP contribution in [-0.2, 0) is 0 Å². The van der Waals surface area contributed by atoms with Gasteiger partial charge in [-0.25, -0.2) is 4.79 Å². The SMILES string of the molecule is COc1cc2c(cc1OCC(F)(F)F)[C@H]1CCC(C)(C)[C@H]1n1cc(C(=O)O)c(=O)cc1-2. The van der Waals surface area contributed by atoms with E-state index in [0.717, 1.165) is 18.4 Å². The molecular weight excluding hydrogens is 415 g/mol. The van der Waals surface area contributed by atoms with Crippen LogP contribution in [0.1, 0.15) is 54.6 Å². The predicted molar refractivity (Wildman–Crippen MR) is 106 cm³/mol. The van der Waals surface area contributed by atoms with Crippen molar-refractivity contribution in [3.05, 3.63) is 45.7 Å². The molecule has 6 nitrogen and oxygen atoms in total.